The summed E-state index contributed by atoms with van der Waals surface area (Å²) in [5.41, 5.74) is 9.93. The Morgan fingerprint density at radius 2 is 2.15 bits per heavy atom. The quantitative estimate of drug-likeness (QED) is 0.829. The number of nitrogens with zero attached hydrogens (tertiary/aromatic N) is 1. The number of nitrogen functional groups attached to an aromatic ring is 1. The zero-order valence-corrected chi connectivity index (χ0v) is 12.3. The smallest absolute Gasteiger partial charge is 0.0727 e. The minimum atomic E-state index is 0.792. The lowest BCUT2D eigenvalue weighted by molar-refractivity contribution is 0.537. The van der Waals surface area contributed by atoms with Crippen LogP contribution in [0.15, 0.2) is 24.3 Å². The molecule has 1 aromatic heterocycles. The Morgan fingerprint density at radius 1 is 1.30 bits per heavy atom. The zero-order chi connectivity index (χ0) is 14.1. The lowest BCUT2D eigenvalue weighted by Crippen LogP contribution is -2.12. The fourth-order valence-electron chi connectivity index (χ4n) is 3.29. The standard InChI is InChI=1S/C17H23N3/c1-11-3-4-13(7-11)10-19-17-8-12(2)20-16-6-5-14(18)9-15(16)17/h5-6,8-9,11,13H,3-4,7,10,18H2,1-2H3,(H,19,20). The van der Waals surface area contributed by atoms with E-state index >= 15 is 0 Å². The van der Waals surface area contributed by atoms with Crippen LogP contribution in [-0.4, -0.2) is 11.5 Å². The lowest BCUT2D eigenvalue weighted by Gasteiger charge is -2.15. The number of rotatable bonds is 3. The third kappa shape index (κ3) is 2.72. The second-order valence-corrected chi connectivity index (χ2v) is 6.25. The Hall–Kier alpha value is -1.77. The molecule has 1 saturated carbocycles. The van der Waals surface area contributed by atoms with E-state index in [1.807, 2.05) is 25.1 Å². The summed E-state index contributed by atoms with van der Waals surface area (Å²) < 4.78 is 0. The van der Waals surface area contributed by atoms with Gasteiger partial charge in [-0.2, -0.15) is 0 Å². The highest BCUT2D eigenvalue weighted by Crippen LogP contribution is 2.31. The van der Waals surface area contributed by atoms with E-state index in [1.54, 1.807) is 0 Å². The molecule has 0 aliphatic heterocycles. The zero-order valence-electron chi connectivity index (χ0n) is 12.3. The van der Waals surface area contributed by atoms with Gasteiger partial charge in [0.05, 0.1) is 5.52 Å². The molecule has 0 spiro atoms. The molecule has 0 bridgehead atoms. The van der Waals surface area contributed by atoms with Crippen molar-refractivity contribution < 1.29 is 0 Å². The maximum absolute atomic E-state index is 5.91. The highest BCUT2D eigenvalue weighted by Gasteiger charge is 2.21. The molecule has 1 fully saturated rings. The van der Waals surface area contributed by atoms with Crippen LogP contribution in [0, 0.1) is 18.8 Å². The molecule has 3 heteroatoms. The van der Waals surface area contributed by atoms with Crippen LogP contribution in [0.2, 0.25) is 0 Å². The van der Waals surface area contributed by atoms with Crippen molar-refractivity contribution in [3.63, 3.8) is 0 Å². The molecule has 1 aliphatic rings. The van der Waals surface area contributed by atoms with Crippen molar-refractivity contribution >= 4 is 22.3 Å². The van der Waals surface area contributed by atoms with Crippen LogP contribution in [0.1, 0.15) is 31.9 Å². The van der Waals surface area contributed by atoms with Crippen LogP contribution in [0.25, 0.3) is 10.9 Å². The first-order valence-corrected chi connectivity index (χ1v) is 7.52. The molecule has 1 heterocycles. The summed E-state index contributed by atoms with van der Waals surface area (Å²) in [4.78, 5) is 4.57. The summed E-state index contributed by atoms with van der Waals surface area (Å²) in [6, 6.07) is 8.05. The summed E-state index contributed by atoms with van der Waals surface area (Å²) in [5, 5.41) is 4.75. The number of aryl methyl sites for hydroxylation is 1. The van der Waals surface area contributed by atoms with E-state index in [-0.39, 0.29) is 0 Å². The van der Waals surface area contributed by atoms with E-state index in [0.717, 1.165) is 40.7 Å². The summed E-state index contributed by atoms with van der Waals surface area (Å²) >= 11 is 0. The van der Waals surface area contributed by atoms with Gasteiger partial charge in [0, 0.05) is 29.0 Å². The highest BCUT2D eigenvalue weighted by molar-refractivity contribution is 5.93. The van der Waals surface area contributed by atoms with Gasteiger partial charge in [-0.15, -0.1) is 0 Å². The van der Waals surface area contributed by atoms with Gasteiger partial charge in [-0.05, 0) is 55.9 Å². The van der Waals surface area contributed by atoms with Gasteiger partial charge >= 0.3 is 0 Å². The van der Waals surface area contributed by atoms with Gasteiger partial charge in [0.1, 0.15) is 0 Å². The number of fused-ring (bicyclic) bond motifs is 1. The highest BCUT2D eigenvalue weighted by atomic mass is 14.9. The summed E-state index contributed by atoms with van der Waals surface area (Å²) in [6.07, 6.45) is 4.06. The Kier molecular flexibility index (Phi) is 3.51. The van der Waals surface area contributed by atoms with Gasteiger partial charge in [0.2, 0.25) is 0 Å². The Balaban J connectivity index is 1.84. The van der Waals surface area contributed by atoms with Crippen molar-refractivity contribution in [3.05, 3.63) is 30.0 Å². The van der Waals surface area contributed by atoms with Gasteiger partial charge in [0.15, 0.2) is 0 Å². The molecule has 0 radical (unpaired) electrons. The normalized spacial score (nSPS) is 22.3. The minimum Gasteiger partial charge on any atom is -0.399 e. The van der Waals surface area contributed by atoms with E-state index in [2.05, 4.69) is 23.3 Å². The predicted molar refractivity (Wildman–Crippen MR) is 85.9 cm³/mol. The van der Waals surface area contributed by atoms with Crippen LogP contribution in [0.3, 0.4) is 0 Å². The molecule has 3 rings (SSSR count). The van der Waals surface area contributed by atoms with Crippen molar-refractivity contribution in [3.8, 4) is 0 Å². The molecule has 3 nitrogen and oxygen atoms in total. The van der Waals surface area contributed by atoms with Gasteiger partial charge in [-0.25, -0.2) is 0 Å². The van der Waals surface area contributed by atoms with E-state index in [0.29, 0.717) is 0 Å². The summed E-state index contributed by atoms with van der Waals surface area (Å²) in [5.74, 6) is 1.68. The van der Waals surface area contributed by atoms with Crippen LogP contribution >= 0.6 is 0 Å². The van der Waals surface area contributed by atoms with Crippen LogP contribution in [-0.2, 0) is 0 Å². The molecule has 1 aromatic carbocycles. The summed E-state index contributed by atoms with van der Waals surface area (Å²) in [6.45, 7) is 5.45. The Morgan fingerprint density at radius 3 is 2.90 bits per heavy atom. The Bertz CT molecular complexity index is 621. The maximum Gasteiger partial charge on any atom is 0.0727 e. The largest absolute Gasteiger partial charge is 0.399 e. The van der Waals surface area contributed by atoms with Crippen molar-refractivity contribution in [2.45, 2.75) is 33.1 Å². The third-order valence-corrected chi connectivity index (χ3v) is 4.35. The second-order valence-electron chi connectivity index (χ2n) is 6.25. The second kappa shape index (κ2) is 5.31. The average molecular weight is 269 g/mol. The number of hydrogen-bond donors (Lipinski definition) is 2. The molecule has 2 unspecified atom stereocenters. The van der Waals surface area contributed by atoms with Crippen molar-refractivity contribution in [2.24, 2.45) is 11.8 Å². The van der Waals surface area contributed by atoms with Gasteiger partial charge in [0.25, 0.3) is 0 Å². The molecule has 0 saturated heterocycles. The fourth-order valence-corrected chi connectivity index (χ4v) is 3.29. The monoisotopic (exact) mass is 269 g/mol. The molecule has 106 valence electrons. The molecule has 20 heavy (non-hydrogen) atoms. The summed E-state index contributed by atoms with van der Waals surface area (Å²) in [7, 11) is 0. The molecule has 2 aromatic rings. The number of nitrogens with two attached hydrogens (primary N) is 1. The topological polar surface area (TPSA) is 50.9 Å². The van der Waals surface area contributed by atoms with Gasteiger partial charge < -0.3 is 11.1 Å². The third-order valence-electron chi connectivity index (χ3n) is 4.35. The Labute approximate surface area is 120 Å². The van der Waals surface area contributed by atoms with E-state index < -0.39 is 0 Å². The maximum atomic E-state index is 5.91. The number of anilines is 2. The van der Waals surface area contributed by atoms with Crippen LogP contribution < -0.4 is 11.1 Å². The van der Waals surface area contributed by atoms with E-state index in [4.69, 9.17) is 5.73 Å². The van der Waals surface area contributed by atoms with Crippen molar-refractivity contribution in [2.75, 3.05) is 17.6 Å². The van der Waals surface area contributed by atoms with E-state index in [9.17, 15) is 0 Å². The van der Waals surface area contributed by atoms with Crippen LogP contribution in [0.4, 0.5) is 11.4 Å². The first kappa shape index (κ1) is 13.2. The molecule has 1 aliphatic carbocycles. The number of hydrogen-bond acceptors (Lipinski definition) is 3. The average Bonchev–Trinajstić information content (AvgIpc) is 2.82. The first-order chi connectivity index (χ1) is 9.61. The lowest BCUT2D eigenvalue weighted by atomic mass is 10.1. The van der Waals surface area contributed by atoms with Gasteiger partial charge in [-0.3, -0.25) is 4.98 Å². The number of pyridine rings is 1. The van der Waals surface area contributed by atoms with Crippen LogP contribution in [0.5, 0.6) is 0 Å². The molecule has 2 atom stereocenters. The first-order valence-electron chi connectivity index (χ1n) is 7.52. The van der Waals surface area contributed by atoms with Crippen molar-refractivity contribution in [1.29, 1.82) is 0 Å². The number of aromatic nitrogens is 1. The fraction of sp³-hybridized carbons (Fsp3) is 0.471. The molecule has 0 amide bonds. The van der Waals surface area contributed by atoms with Crippen molar-refractivity contribution in [1.82, 2.24) is 4.98 Å². The van der Waals surface area contributed by atoms with Gasteiger partial charge in [-0.1, -0.05) is 13.3 Å². The number of benzene rings is 1. The molecule has 3 N–H and O–H groups in total. The molecular formula is C17H23N3. The predicted octanol–water partition coefficient (Wildman–Crippen LogP) is 3.97. The minimum absolute atomic E-state index is 0.792. The number of nitrogens with one attached hydrogen (secondary N) is 1. The SMILES string of the molecule is Cc1cc(NCC2CCC(C)C2)c2cc(N)ccc2n1. The molecular weight excluding hydrogens is 246 g/mol. The van der Waals surface area contributed by atoms with E-state index in [1.165, 1.54) is 24.9 Å².